The number of likely N-dealkylation sites (N-methyl/N-ethyl adjacent to an activating group) is 1. The number of carbonyl (C=O) groups excluding carboxylic acids is 2. The van der Waals surface area contributed by atoms with Crippen molar-refractivity contribution in [2.45, 2.75) is 40.3 Å². The van der Waals surface area contributed by atoms with E-state index in [1.165, 1.54) is 5.56 Å². The maximum absolute atomic E-state index is 12.6. The van der Waals surface area contributed by atoms with E-state index in [9.17, 15) is 9.59 Å². The summed E-state index contributed by atoms with van der Waals surface area (Å²) in [6, 6.07) is 7.45. The molecular weight excluding hydrogens is 280 g/mol. The molecule has 0 saturated heterocycles. The molecule has 0 aliphatic carbocycles. The van der Waals surface area contributed by atoms with Gasteiger partial charge in [0.2, 0.25) is 5.91 Å². The Morgan fingerprint density at radius 1 is 1.23 bits per heavy atom. The van der Waals surface area contributed by atoms with Gasteiger partial charge in [-0.1, -0.05) is 43.7 Å². The molecule has 1 atom stereocenters. The van der Waals surface area contributed by atoms with Crippen LogP contribution in [0.25, 0.3) is 0 Å². The molecule has 0 heterocycles. The summed E-state index contributed by atoms with van der Waals surface area (Å²) in [6.07, 6.45) is -0.557. The van der Waals surface area contributed by atoms with E-state index >= 15 is 0 Å². The Kier molecular flexibility index (Phi) is 6.89. The van der Waals surface area contributed by atoms with Crippen molar-refractivity contribution in [3.05, 3.63) is 35.4 Å². The lowest BCUT2D eigenvalue weighted by atomic mass is 10.0. The van der Waals surface area contributed by atoms with Crippen molar-refractivity contribution in [1.29, 1.82) is 0 Å². The summed E-state index contributed by atoms with van der Waals surface area (Å²) in [4.78, 5) is 25.8. The summed E-state index contributed by atoms with van der Waals surface area (Å²) in [5, 5.41) is 2.64. The summed E-state index contributed by atoms with van der Waals surface area (Å²) in [7, 11) is 1.74. The minimum atomic E-state index is -0.588. The van der Waals surface area contributed by atoms with E-state index in [0.717, 1.165) is 5.56 Å². The van der Waals surface area contributed by atoms with Crippen LogP contribution in [-0.2, 0) is 16.1 Å². The van der Waals surface area contributed by atoms with Crippen LogP contribution in [0.5, 0.6) is 0 Å². The zero-order chi connectivity index (χ0) is 16.7. The number of hydrogen-bond donors (Lipinski definition) is 1. The molecule has 1 aromatic rings. The monoisotopic (exact) mass is 306 g/mol. The number of rotatable bonds is 6. The summed E-state index contributed by atoms with van der Waals surface area (Å²) in [5.74, 6) is -0.138. The van der Waals surface area contributed by atoms with Crippen LogP contribution >= 0.6 is 0 Å². The third kappa shape index (κ3) is 5.39. The molecule has 122 valence electrons. The topological polar surface area (TPSA) is 58.6 Å². The standard InChI is InChI=1S/C17H26N2O3/c1-6-22-17(21)18-15(12(2)3)16(20)19(5)11-14-9-7-13(4)8-10-14/h7-10,12,15H,6,11H2,1-5H3,(H,18,21). The highest BCUT2D eigenvalue weighted by molar-refractivity contribution is 5.85. The molecule has 1 unspecified atom stereocenters. The highest BCUT2D eigenvalue weighted by atomic mass is 16.5. The van der Waals surface area contributed by atoms with Crippen LogP contribution in [0.3, 0.4) is 0 Å². The molecule has 0 spiro atoms. The first kappa shape index (κ1) is 18.0. The molecule has 22 heavy (non-hydrogen) atoms. The van der Waals surface area contributed by atoms with Crippen LogP contribution < -0.4 is 5.32 Å². The summed E-state index contributed by atoms with van der Waals surface area (Å²) in [5.41, 5.74) is 2.24. The van der Waals surface area contributed by atoms with Gasteiger partial charge < -0.3 is 15.0 Å². The Balaban J connectivity index is 2.71. The highest BCUT2D eigenvalue weighted by Crippen LogP contribution is 2.10. The van der Waals surface area contributed by atoms with E-state index in [-0.39, 0.29) is 18.4 Å². The Bertz CT molecular complexity index is 497. The Hall–Kier alpha value is -2.04. The van der Waals surface area contributed by atoms with Crippen molar-refractivity contribution in [2.24, 2.45) is 5.92 Å². The van der Waals surface area contributed by atoms with Gasteiger partial charge in [0.1, 0.15) is 6.04 Å². The fourth-order valence-electron chi connectivity index (χ4n) is 2.10. The molecule has 0 aliphatic heterocycles. The predicted molar refractivity (Wildman–Crippen MR) is 86.4 cm³/mol. The molecule has 0 aliphatic rings. The zero-order valence-corrected chi connectivity index (χ0v) is 14.1. The van der Waals surface area contributed by atoms with E-state index in [1.807, 2.05) is 45.0 Å². The number of benzene rings is 1. The second-order valence-corrected chi connectivity index (χ2v) is 5.77. The number of aryl methyl sites for hydroxylation is 1. The minimum Gasteiger partial charge on any atom is -0.450 e. The van der Waals surface area contributed by atoms with Gasteiger partial charge in [-0.2, -0.15) is 0 Å². The molecule has 2 amide bonds. The molecule has 5 nitrogen and oxygen atoms in total. The van der Waals surface area contributed by atoms with Crippen LogP contribution in [0.15, 0.2) is 24.3 Å². The van der Waals surface area contributed by atoms with Gasteiger partial charge in [0.25, 0.3) is 0 Å². The van der Waals surface area contributed by atoms with Crippen LogP contribution in [-0.4, -0.2) is 36.6 Å². The van der Waals surface area contributed by atoms with Gasteiger partial charge in [0.05, 0.1) is 6.61 Å². The molecule has 1 rings (SSSR count). The van der Waals surface area contributed by atoms with E-state index in [1.54, 1.807) is 18.9 Å². The molecule has 0 fully saturated rings. The van der Waals surface area contributed by atoms with E-state index in [0.29, 0.717) is 6.54 Å². The van der Waals surface area contributed by atoms with E-state index in [2.05, 4.69) is 5.32 Å². The maximum Gasteiger partial charge on any atom is 0.407 e. The number of alkyl carbamates (subject to hydrolysis) is 1. The summed E-state index contributed by atoms with van der Waals surface area (Å²) < 4.78 is 4.86. The number of nitrogens with zero attached hydrogens (tertiary/aromatic N) is 1. The van der Waals surface area contributed by atoms with Gasteiger partial charge in [0.15, 0.2) is 0 Å². The molecular formula is C17H26N2O3. The van der Waals surface area contributed by atoms with E-state index in [4.69, 9.17) is 4.74 Å². The first-order valence-corrected chi connectivity index (χ1v) is 7.59. The summed E-state index contributed by atoms with van der Waals surface area (Å²) >= 11 is 0. The van der Waals surface area contributed by atoms with Crippen molar-refractivity contribution < 1.29 is 14.3 Å². The molecule has 0 saturated carbocycles. The largest absolute Gasteiger partial charge is 0.450 e. The van der Waals surface area contributed by atoms with Gasteiger partial charge in [-0.3, -0.25) is 4.79 Å². The predicted octanol–water partition coefficient (Wildman–Crippen LogP) is 2.72. The molecule has 1 aromatic carbocycles. The van der Waals surface area contributed by atoms with E-state index < -0.39 is 12.1 Å². The first-order chi connectivity index (χ1) is 10.3. The lowest BCUT2D eigenvalue weighted by Gasteiger charge is -2.26. The Morgan fingerprint density at radius 2 is 1.82 bits per heavy atom. The molecule has 0 radical (unpaired) electrons. The van der Waals surface area contributed by atoms with Crippen molar-refractivity contribution in [3.8, 4) is 0 Å². The Morgan fingerprint density at radius 3 is 2.32 bits per heavy atom. The smallest absolute Gasteiger partial charge is 0.407 e. The van der Waals surface area contributed by atoms with Crippen molar-refractivity contribution in [2.75, 3.05) is 13.7 Å². The number of ether oxygens (including phenoxy) is 1. The lowest BCUT2D eigenvalue weighted by Crippen LogP contribution is -2.50. The molecule has 0 aromatic heterocycles. The quantitative estimate of drug-likeness (QED) is 0.879. The average molecular weight is 306 g/mol. The van der Waals surface area contributed by atoms with Gasteiger partial charge >= 0.3 is 6.09 Å². The number of nitrogens with one attached hydrogen (secondary N) is 1. The second kappa shape index (κ2) is 8.41. The van der Waals surface area contributed by atoms with Crippen molar-refractivity contribution >= 4 is 12.0 Å². The fraction of sp³-hybridized carbons (Fsp3) is 0.529. The molecule has 0 bridgehead atoms. The third-order valence-electron chi connectivity index (χ3n) is 3.40. The Labute approximate surface area is 132 Å². The summed E-state index contributed by atoms with van der Waals surface area (Å²) in [6.45, 7) is 8.34. The lowest BCUT2D eigenvalue weighted by molar-refractivity contribution is -0.133. The maximum atomic E-state index is 12.6. The van der Waals surface area contributed by atoms with Gasteiger partial charge in [-0.05, 0) is 25.3 Å². The molecule has 1 N–H and O–H groups in total. The fourth-order valence-corrected chi connectivity index (χ4v) is 2.10. The van der Waals surface area contributed by atoms with Gasteiger partial charge in [-0.15, -0.1) is 0 Å². The van der Waals surface area contributed by atoms with Gasteiger partial charge in [0, 0.05) is 13.6 Å². The van der Waals surface area contributed by atoms with Gasteiger partial charge in [-0.25, -0.2) is 4.79 Å². The average Bonchev–Trinajstić information content (AvgIpc) is 2.46. The number of carbonyl (C=O) groups is 2. The van der Waals surface area contributed by atoms with Crippen LogP contribution in [0, 0.1) is 12.8 Å². The number of amides is 2. The van der Waals surface area contributed by atoms with Crippen LogP contribution in [0.1, 0.15) is 31.9 Å². The number of hydrogen-bond acceptors (Lipinski definition) is 3. The van der Waals surface area contributed by atoms with Crippen LogP contribution in [0.2, 0.25) is 0 Å². The molecule has 5 heteroatoms. The highest BCUT2D eigenvalue weighted by Gasteiger charge is 2.27. The van der Waals surface area contributed by atoms with Crippen molar-refractivity contribution in [1.82, 2.24) is 10.2 Å². The SMILES string of the molecule is CCOC(=O)NC(C(=O)N(C)Cc1ccc(C)cc1)C(C)C. The van der Waals surface area contributed by atoms with Crippen LogP contribution in [0.4, 0.5) is 4.79 Å². The minimum absolute atomic E-state index is 0.0163. The van der Waals surface area contributed by atoms with Crippen molar-refractivity contribution in [3.63, 3.8) is 0 Å². The second-order valence-electron chi connectivity index (χ2n) is 5.77. The first-order valence-electron chi connectivity index (χ1n) is 7.59. The zero-order valence-electron chi connectivity index (χ0n) is 14.1. The normalized spacial score (nSPS) is 11.9. The third-order valence-corrected chi connectivity index (χ3v) is 3.40.